The van der Waals surface area contributed by atoms with E-state index in [0.717, 1.165) is 11.4 Å². The summed E-state index contributed by atoms with van der Waals surface area (Å²) in [6, 6.07) is 16.0. The zero-order chi connectivity index (χ0) is 17.6. The van der Waals surface area contributed by atoms with Crippen LogP contribution in [0.5, 0.6) is 5.75 Å². The molecule has 0 unspecified atom stereocenters. The highest BCUT2D eigenvalue weighted by atomic mass is 19.1. The van der Waals surface area contributed by atoms with Gasteiger partial charge in [-0.25, -0.2) is 9.37 Å². The second kappa shape index (κ2) is 7.61. The molecule has 0 aliphatic carbocycles. The Kier molecular flexibility index (Phi) is 5.09. The summed E-state index contributed by atoms with van der Waals surface area (Å²) >= 11 is 0. The van der Waals surface area contributed by atoms with Gasteiger partial charge in [0.2, 0.25) is 5.95 Å². The first kappa shape index (κ1) is 16.7. The number of ether oxygens (including phenoxy) is 1. The smallest absolute Gasteiger partial charge is 0.229 e. The predicted molar refractivity (Wildman–Crippen MR) is 96.8 cm³/mol. The van der Waals surface area contributed by atoms with Crippen LogP contribution in [-0.4, -0.2) is 17.1 Å². The summed E-state index contributed by atoms with van der Waals surface area (Å²) in [5.41, 5.74) is 2.15. The van der Waals surface area contributed by atoms with E-state index in [1.807, 2.05) is 37.3 Å². The number of methoxy groups -OCH3 is 1. The average molecular weight is 338 g/mol. The van der Waals surface area contributed by atoms with Gasteiger partial charge in [0.05, 0.1) is 12.8 Å². The standard InChI is InChI=1S/C19H19FN4O/c1-13-11-18(21-12-14-7-3-4-8-15(14)20)24-19(22-13)23-16-9-5-6-10-17(16)25-2/h3-11H,12H2,1-2H3,(H2,21,22,23,24). The van der Waals surface area contributed by atoms with Gasteiger partial charge in [0.1, 0.15) is 17.4 Å². The molecule has 2 N–H and O–H groups in total. The normalized spacial score (nSPS) is 10.4. The van der Waals surface area contributed by atoms with Crippen LogP contribution in [0.15, 0.2) is 54.6 Å². The van der Waals surface area contributed by atoms with Gasteiger partial charge in [0.25, 0.3) is 0 Å². The minimum Gasteiger partial charge on any atom is -0.495 e. The molecule has 0 aliphatic rings. The van der Waals surface area contributed by atoms with Crippen molar-refractivity contribution in [2.24, 2.45) is 0 Å². The number of anilines is 3. The second-order valence-corrected chi connectivity index (χ2v) is 5.49. The van der Waals surface area contributed by atoms with Crippen molar-refractivity contribution in [1.29, 1.82) is 0 Å². The number of halogens is 1. The summed E-state index contributed by atoms with van der Waals surface area (Å²) in [5, 5.41) is 6.29. The molecular weight excluding hydrogens is 319 g/mol. The lowest BCUT2D eigenvalue weighted by Gasteiger charge is -2.12. The number of rotatable bonds is 6. The van der Waals surface area contributed by atoms with Gasteiger partial charge in [-0.1, -0.05) is 30.3 Å². The van der Waals surface area contributed by atoms with Crippen molar-refractivity contribution >= 4 is 17.5 Å². The molecule has 1 aromatic heterocycles. The molecule has 0 bridgehead atoms. The highest BCUT2D eigenvalue weighted by Crippen LogP contribution is 2.26. The molecular formula is C19H19FN4O. The van der Waals surface area contributed by atoms with Crippen molar-refractivity contribution in [3.63, 3.8) is 0 Å². The van der Waals surface area contributed by atoms with Crippen LogP contribution in [0.1, 0.15) is 11.3 Å². The Morgan fingerprint density at radius 3 is 2.60 bits per heavy atom. The second-order valence-electron chi connectivity index (χ2n) is 5.49. The number of nitrogens with one attached hydrogen (secondary N) is 2. The Morgan fingerprint density at radius 2 is 1.80 bits per heavy atom. The van der Waals surface area contributed by atoms with E-state index >= 15 is 0 Å². The van der Waals surface area contributed by atoms with Gasteiger partial charge >= 0.3 is 0 Å². The van der Waals surface area contributed by atoms with Gasteiger partial charge in [-0.3, -0.25) is 0 Å². The molecule has 0 amide bonds. The number of para-hydroxylation sites is 2. The maximum absolute atomic E-state index is 13.7. The van der Waals surface area contributed by atoms with Crippen LogP contribution in [0.4, 0.5) is 21.8 Å². The van der Waals surface area contributed by atoms with E-state index in [1.54, 1.807) is 25.3 Å². The molecule has 0 saturated carbocycles. The number of hydrogen-bond acceptors (Lipinski definition) is 5. The Morgan fingerprint density at radius 1 is 1.04 bits per heavy atom. The number of benzene rings is 2. The molecule has 0 radical (unpaired) electrons. The minimum absolute atomic E-state index is 0.242. The number of aromatic nitrogens is 2. The van der Waals surface area contributed by atoms with Gasteiger partial charge in [0.15, 0.2) is 0 Å². The van der Waals surface area contributed by atoms with Crippen molar-refractivity contribution in [3.8, 4) is 5.75 Å². The first-order chi connectivity index (χ1) is 12.2. The van der Waals surface area contributed by atoms with Gasteiger partial charge in [-0.2, -0.15) is 4.98 Å². The molecule has 3 rings (SSSR count). The summed E-state index contributed by atoms with van der Waals surface area (Å²) in [6.07, 6.45) is 0. The Bertz CT molecular complexity index is 870. The summed E-state index contributed by atoms with van der Waals surface area (Å²) in [5.74, 6) is 1.52. The minimum atomic E-state index is -0.242. The molecule has 6 heteroatoms. The van der Waals surface area contributed by atoms with Crippen molar-refractivity contribution in [1.82, 2.24) is 9.97 Å². The Hall–Kier alpha value is -3.15. The first-order valence-electron chi connectivity index (χ1n) is 7.88. The van der Waals surface area contributed by atoms with Crippen molar-refractivity contribution in [3.05, 3.63) is 71.7 Å². The van der Waals surface area contributed by atoms with Crippen LogP contribution in [0.2, 0.25) is 0 Å². The third-order valence-electron chi connectivity index (χ3n) is 3.63. The summed E-state index contributed by atoms with van der Waals surface area (Å²) in [7, 11) is 1.61. The molecule has 5 nitrogen and oxygen atoms in total. The van der Waals surface area contributed by atoms with Crippen LogP contribution < -0.4 is 15.4 Å². The van der Waals surface area contributed by atoms with Crippen LogP contribution in [-0.2, 0) is 6.54 Å². The quantitative estimate of drug-likeness (QED) is 0.702. The van der Waals surface area contributed by atoms with Gasteiger partial charge in [-0.05, 0) is 25.1 Å². The number of nitrogens with zero attached hydrogens (tertiary/aromatic N) is 2. The third-order valence-corrected chi connectivity index (χ3v) is 3.63. The van der Waals surface area contributed by atoms with E-state index in [1.165, 1.54) is 6.07 Å². The van der Waals surface area contributed by atoms with Crippen molar-refractivity contribution in [2.45, 2.75) is 13.5 Å². The molecule has 0 spiro atoms. The van der Waals surface area contributed by atoms with E-state index in [2.05, 4.69) is 20.6 Å². The monoisotopic (exact) mass is 338 g/mol. The maximum Gasteiger partial charge on any atom is 0.229 e. The highest BCUT2D eigenvalue weighted by Gasteiger charge is 2.07. The van der Waals surface area contributed by atoms with Gasteiger partial charge in [0, 0.05) is 23.9 Å². The van der Waals surface area contributed by atoms with Crippen LogP contribution in [0, 0.1) is 12.7 Å². The SMILES string of the molecule is COc1ccccc1Nc1nc(C)cc(NCc2ccccc2F)n1. The molecule has 0 aliphatic heterocycles. The zero-order valence-electron chi connectivity index (χ0n) is 14.1. The average Bonchev–Trinajstić information content (AvgIpc) is 2.61. The fraction of sp³-hybridized carbons (Fsp3) is 0.158. The highest BCUT2D eigenvalue weighted by molar-refractivity contribution is 5.63. The van der Waals surface area contributed by atoms with Gasteiger partial charge < -0.3 is 15.4 Å². The molecule has 0 atom stereocenters. The van der Waals surface area contributed by atoms with Crippen molar-refractivity contribution < 1.29 is 9.13 Å². The summed E-state index contributed by atoms with van der Waals surface area (Å²) < 4.78 is 19.0. The van der Waals surface area contributed by atoms with Gasteiger partial charge in [-0.15, -0.1) is 0 Å². The molecule has 3 aromatic rings. The predicted octanol–water partition coefficient (Wildman–Crippen LogP) is 4.29. The third kappa shape index (κ3) is 4.23. The van der Waals surface area contributed by atoms with Crippen molar-refractivity contribution in [2.75, 3.05) is 17.7 Å². The molecule has 0 fully saturated rings. The summed E-state index contributed by atoms with van der Waals surface area (Å²) in [6.45, 7) is 2.22. The lowest BCUT2D eigenvalue weighted by molar-refractivity contribution is 0.417. The largest absolute Gasteiger partial charge is 0.495 e. The van der Waals surface area contributed by atoms with Crippen LogP contribution in [0.25, 0.3) is 0 Å². The fourth-order valence-electron chi connectivity index (χ4n) is 2.41. The van der Waals surface area contributed by atoms with E-state index in [9.17, 15) is 4.39 Å². The van der Waals surface area contributed by atoms with E-state index in [-0.39, 0.29) is 5.82 Å². The van der Waals surface area contributed by atoms with Crippen LogP contribution >= 0.6 is 0 Å². The van der Waals surface area contributed by atoms with E-state index in [4.69, 9.17) is 4.74 Å². The molecule has 0 saturated heterocycles. The first-order valence-corrected chi connectivity index (χ1v) is 7.88. The zero-order valence-corrected chi connectivity index (χ0v) is 14.1. The lowest BCUT2D eigenvalue weighted by Crippen LogP contribution is -2.07. The van der Waals surface area contributed by atoms with Crippen LogP contribution in [0.3, 0.4) is 0 Å². The Labute approximate surface area is 145 Å². The van der Waals surface area contributed by atoms with E-state index in [0.29, 0.717) is 29.6 Å². The number of hydrogen-bond donors (Lipinski definition) is 2. The molecule has 1 heterocycles. The molecule has 25 heavy (non-hydrogen) atoms. The lowest BCUT2D eigenvalue weighted by atomic mass is 10.2. The molecule has 2 aromatic carbocycles. The topological polar surface area (TPSA) is 59.1 Å². The fourth-order valence-corrected chi connectivity index (χ4v) is 2.41. The Balaban J connectivity index is 1.77. The molecule has 128 valence electrons. The maximum atomic E-state index is 13.7. The summed E-state index contributed by atoms with van der Waals surface area (Å²) in [4.78, 5) is 8.82. The number of aryl methyl sites for hydroxylation is 1. The van der Waals surface area contributed by atoms with E-state index < -0.39 is 0 Å².